The lowest BCUT2D eigenvalue weighted by Gasteiger charge is -2.12. The molecule has 0 bridgehead atoms. The molecule has 3 rings (SSSR count). The fourth-order valence-corrected chi connectivity index (χ4v) is 2.24. The van der Waals surface area contributed by atoms with Gasteiger partial charge in [-0.05, 0) is 25.2 Å². The molecule has 1 N–H and O–H groups in total. The van der Waals surface area contributed by atoms with E-state index in [-0.39, 0.29) is 6.79 Å². The van der Waals surface area contributed by atoms with Crippen LogP contribution < -0.4 is 19.5 Å². The zero-order valence-corrected chi connectivity index (χ0v) is 12.0. The van der Waals surface area contributed by atoms with Crippen LogP contribution in [0.25, 0.3) is 0 Å². The summed E-state index contributed by atoms with van der Waals surface area (Å²) >= 11 is 0. The molecule has 2 aromatic rings. The molecule has 0 unspecified atom stereocenters. The fourth-order valence-electron chi connectivity index (χ4n) is 2.24. The minimum atomic E-state index is 0.270. The van der Waals surface area contributed by atoms with E-state index in [1.165, 1.54) is 0 Å². The molecule has 0 atom stereocenters. The van der Waals surface area contributed by atoms with E-state index >= 15 is 0 Å². The predicted octanol–water partition coefficient (Wildman–Crippen LogP) is 2.15. The Morgan fingerprint density at radius 3 is 2.86 bits per heavy atom. The highest BCUT2D eigenvalue weighted by Crippen LogP contribution is 2.38. The topological polar surface area (TPSA) is 52.6 Å². The summed E-state index contributed by atoms with van der Waals surface area (Å²) in [4.78, 5) is 4.29. The number of hydrogen-bond donors (Lipinski definition) is 1. The monoisotopic (exact) mass is 286 g/mol. The van der Waals surface area contributed by atoms with E-state index in [1.54, 1.807) is 6.20 Å². The zero-order valence-electron chi connectivity index (χ0n) is 12.0. The Kier molecular flexibility index (Phi) is 4.21. The molecule has 110 valence electrons. The first-order chi connectivity index (χ1) is 10.4. The summed E-state index contributed by atoms with van der Waals surface area (Å²) < 4.78 is 16.7. The van der Waals surface area contributed by atoms with Crippen LogP contribution in [0.3, 0.4) is 0 Å². The van der Waals surface area contributed by atoms with Crippen LogP contribution in [0.1, 0.15) is 11.3 Å². The van der Waals surface area contributed by atoms with E-state index < -0.39 is 0 Å². The minimum Gasteiger partial charge on any atom is -0.493 e. The summed E-state index contributed by atoms with van der Waals surface area (Å²) in [6, 6.07) is 9.75. The molecule has 1 aliphatic rings. The van der Waals surface area contributed by atoms with Crippen LogP contribution in [0.5, 0.6) is 17.2 Å². The SMILES string of the molecule is CNCc1cc2c(cc1OCCc1ccccn1)OCO2. The maximum atomic E-state index is 5.90. The lowest BCUT2D eigenvalue weighted by Crippen LogP contribution is -2.09. The first-order valence-electron chi connectivity index (χ1n) is 6.96. The lowest BCUT2D eigenvalue weighted by molar-refractivity contribution is 0.173. The number of ether oxygens (including phenoxy) is 3. The Balaban J connectivity index is 1.69. The summed E-state index contributed by atoms with van der Waals surface area (Å²) in [6.07, 6.45) is 2.57. The van der Waals surface area contributed by atoms with Crippen molar-refractivity contribution in [1.82, 2.24) is 10.3 Å². The van der Waals surface area contributed by atoms with Crippen molar-refractivity contribution in [1.29, 1.82) is 0 Å². The molecule has 21 heavy (non-hydrogen) atoms. The molecule has 1 aromatic carbocycles. The van der Waals surface area contributed by atoms with Crippen molar-refractivity contribution < 1.29 is 14.2 Å². The smallest absolute Gasteiger partial charge is 0.231 e. The van der Waals surface area contributed by atoms with Gasteiger partial charge in [-0.25, -0.2) is 0 Å². The van der Waals surface area contributed by atoms with E-state index in [4.69, 9.17) is 14.2 Å². The van der Waals surface area contributed by atoms with Gasteiger partial charge in [-0.1, -0.05) is 6.07 Å². The molecular formula is C16H18N2O3. The Hall–Kier alpha value is -2.27. The van der Waals surface area contributed by atoms with Gasteiger partial charge >= 0.3 is 0 Å². The van der Waals surface area contributed by atoms with Crippen molar-refractivity contribution in [3.63, 3.8) is 0 Å². The minimum absolute atomic E-state index is 0.270. The Labute approximate surface area is 123 Å². The molecule has 0 aliphatic carbocycles. The highest BCUT2D eigenvalue weighted by molar-refractivity contribution is 5.51. The van der Waals surface area contributed by atoms with Crippen molar-refractivity contribution in [3.05, 3.63) is 47.8 Å². The molecule has 5 heteroatoms. The first kappa shape index (κ1) is 13.7. The molecular weight excluding hydrogens is 268 g/mol. The number of hydrogen-bond acceptors (Lipinski definition) is 5. The van der Waals surface area contributed by atoms with Crippen LogP contribution in [0.4, 0.5) is 0 Å². The lowest BCUT2D eigenvalue weighted by atomic mass is 10.1. The van der Waals surface area contributed by atoms with Gasteiger partial charge in [0.2, 0.25) is 6.79 Å². The van der Waals surface area contributed by atoms with Crippen LogP contribution in [0, 0.1) is 0 Å². The van der Waals surface area contributed by atoms with Gasteiger partial charge < -0.3 is 19.5 Å². The van der Waals surface area contributed by atoms with Gasteiger partial charge in [-0.2, -0.15) is 0 Å². The van der Waals surface area contributed by atoms with Gasteiger partial charge in [-0.3, -0.25) is 4.98 Å². The van der Waals surface area contributed by atoms with Crippen LogP contribution in [-0.2, 0) is 13.0 Å². The molecule has 1 aliphatic heterocycles. The second-order valence-electron chi connectivity index (χ2n) is 4.76. The van der Waals surface area contributed by atoms with Gasteiger partial charge in [-0.15, -0.1) is 0 Å². The molecule has 0 fully saturated rings. The van der Waals surface area contributed by atoms with E-state index in [9.17, 15) is 0 Å². The normalized spacial score (nSPS) is 12.4. The van der Waals surface area contributed by atoms with E-state index in [2.05, 4.69) is 10.3 Å². The van der Waals surface area contributed by atoms with E-state index in [0.29, 0.717) is 6.61 Å². The molecule has 5 nitrogen and oxygen atoms in total. The van der Waals surface area contributed by atoms with Gasteiger partial charge in [0.25, 0.3) is 0 Å². The maximum Gasteiger partial charge on any atom is 0.231 e. The van der Waals surface area contributed by atoms with Crippen LogP contribution in [0.2, 0.25) is 0 Å². The van der Waals surface area contributed by atoms with Crippen molar-refractivity contribution in [2.75, 3.05) is 20.4 Å². The summed E-state index contributed by atoms with van der Waals surface area (Å²) in [5.74, 6) is 2.34. The summed E-state index contributed by atoms with van der Waals surface area (Å²) in [6.45, 7) is 1.56. The summed E-state index contributed by atoms with van der Waals surface area (Å²) in [5.41, 5.74) is 2.08. The zero-order chi connectivity index (χ0) is 14.5. The first-order valence-corrected chi connectivity index (χ1v) is 6.96. The summed E-state index contributed by atoms with van der Waals surface area (Å²) in [5, 5.41) is 3.13. The Bertz CT molecular complexity index is 602. The molecule has 0 saturated carbocycles. The van der Waals surface area contributed by atoms with Crippen LogP contribution in [0.15, 0.2) is 36.5 Å². The number of rotatable bonds is 6. The third kappa shape index (κ3) is 3.25. The second-order valence-corrected chi connectivity index (χ2v) is 4.76. The predicted molar refractivity (Wildman–Crippen MR) is 78.8 cm³/mol. The Morgan fingerprint density at radius 1 is 1.24 bits per heavy atom. The van der Waals surface area contributed by atoms with E-state index in [1.807, 2.05) is 37.4 Å². The molecule has 0 amide bonds. The summed E-state index contributed by atoms with van der Waals surface area (Å²) in [7, 11) is 1.91. The molecule has 0 spiro atoms. The highest BCUT2D eigenvalue weighted by atomic mass is 16.7. The van der Waals surface area contributed by atoms with Crippen LogP contribution >= 0.6 is 0 Å². The van der Waals surface area contributed by atoms with Gasteiger partial charge in [0.1, 0.15) is 5.75 Å². The number of fused-ring (bicyclic) bond motifs is 1. The third-order valence-electron chi connectivity index (χ3n) is 3.26. The standard InChI is InChI=1S/C16H18N2O3/c1-17-10-12-8-15-16(21-11-20-15)9-14(12)19-7-5-13-4-2-3-6-18-13/h2-4,6,8-9,17H,5,7,10-11H2,1H3. The highest BCUT2D eigenvalue weighted by Gasteiger charge is 2.17. The number of pyridine rings is 1. The van der Waals surface area contributed by atoms with Gasteiger partial charge in [0, 0.05) is 36.5 Å². The second kappa shape index (κ2) is 6.45. The van der Waals surface area contributed by atoms with Crippen LogP contribution in [-0.4, -0.2) is 25.4 Å². The van der Waals surface area contributed by atoms with Crippen molar-refractivity contribution in [2.45, 2.75) is 13.0 Å². The molecule has 0 saturated heterocycles. The maximum absolute atomic E-state index is 5.90. The number of nitrogens with one attached hydrogen (secondary N) is 1. The third-order valence-corrected chi connectivity index (χ3v) is 3.26. The quantitative estimate of drug-likeness (QED) is 0.882. The largest absolute Gasteiger partial charge is 0.493 e. The van der Waals surface area contributed by atoms with E-state index in [0.717, 1.165) is 41.5 Å². The fraction of sp³-hybridized carbons (Fsp3) is 0.312. The number of benzene rings is 1. The van der Waals surface area contributed by atoms with Gasteiger partial charge in [0.05, 0.1) is 6.61 Å². The molecule has 1 aromatic heterocycles. The van der Waals surface area contributed by atoms with Gasteiger partial charge in [0.15, 0.2) is 11.5 Å². The average Bonchev–Trinajstić information content (AvgIpc) is 2.96. The van der Waals surface area contributed by atoms with Crippen molar-refractivity contribution in [3.8, 4) is 17.2 Å². The molecule has 2 heterocycles. The molecule has 0 radical (unpaired) electrons. The van der Waals surface area contributed by atoms with Crippen molar-refractivity contribution in [2.24, 2.45) is 0 Å². The number of nitrogens with zero attached hydrogens (tertiary/aromatic N) is 1. The number of aromatic nitrogens is 1. The van der Waals surface area contributed by atoms with Crippen molar-refractivity contribution >= 4 is 0 Å². The Morgan fingerprint density at radius 2 is 2.10 bits per heavy atom. The average molecular weight is 286 g/mol.